The van der Waals surface area contributed by atoms with E-state index in [1.165, 1.54) is 4.90 Å². The SMILES string of the molecule is CN(C(=O)c1ccccc1)[C@@]1(C)C(=O)OC2=C(C(=O)CC(C)(C)C2)[C@@H]1c1ccccc1. The number of hydrogen-bond acceptors (Lipinski definition) is 4. The molecule has 2 aromatic carbocycles. The maximum Gasteiger partial charge on any atom is 0.337 e. The van der Waals surface area contributed by atoms with Gasteiger partial charge in [0.25, 0.3) is 5.91 Å². The van der Waals surface area contributed by atoms with Crippen LogP contribution in [0.1, 0.15) is 55.5 Å². The summed E-state index contributed by atoms with van der Waals surface area (Å²) in [6.07, 6.45) is 0.884. The zero-order chi connectivity index (χ0) is 22.4. The molecule has 2 aromatic rings. The highest BCUT2D eigenvalue weighted by Gasteiger charge is 2.57. The normalized spacial score (nSPS) is 25.0. The molecule has 31 heavy (non-hydrogen) atoms. The van der Waals surface area contributed by atoms with Crippen LogP contribution < -0.4 is 0 Å². The zero-order valence-electron chi connectivity index (χ0n) is 18.3. The minimum Gasteiger partial charge on any atom is -0.429 e. The minimum atomic E-state index is -1.37. The van der Waals surface area contributed by atoms with Crippen LogP contribution in [0.25, 0.3) is 0 Å². The lowest BCUT2D eigenvalue weighted by atomic mass is 9.65. The van der Waals surface area contributed by atoms with Gasteiger partial charge in [0, 0.05) is 36.9 Å². The molecule has 160 valence electrons. The summed E-state index contributed by atoms with van der Waals surface area (Å²) in [4.78, 5) is 41.6. The standard InChI is InChI=1S/C26H27NO4/c1-25(2)15-19(28)21-20(16-25)31-24(30)26(3,22(21)17-11-7-5-8-12-17)27(4)23(29)18-13-9-6-10-14-18/h5-14,22H,15-16H2,1-4H3/t22-,26+/m0/s1. The van der Waals surface area contributed by atoms with Gasteiger partial charge in [-0.15, -0.1) is 0 Å². The fourth-order valence-electron chi connectivity index (χ4n) is 4.76. The van der Waals surface area contributed by atoms with E-state index in [0.717, 1.165) is 5.56 Å². The molecular weight excluding hydrogens is 390 g/mol. The first-order valence-electron chi connectivity index (χ1n) is 10.5. The summed E-state index contributed by atoms with van der Waals surface area (Å²) in [7, 11) is 1.61. The molecular formula is C26H27NO4. The maximum atomic E-state index is 13.5. The average molecular weight is 418 g/mol. The summed E-state index contributed by atoms with van der Waals surface area (Å²) >= 11 is 0. The molecule has 0 saturated carbocycles. The van der Waals surface area contributed by atoms with Crippen molar-refractivity contribution in [1.29, 1.82) is 0 Å². The summed E-state index contributed by atoms with van der Waals surface area (Å²) in [6, 6.07) is 18.3. The highest BCUT2D eigenvalue weighted by Crippen LogP contribution is 2.51. The molecule has 4 rings (SSSR count). The van der Waals surface area contributed by atoms with E-state index >= 15 is 0 Å². The number of carbonyl (C=O) groups excluding carboxylic acids is 3. The Morgan fingerprint density at radius 2 is 1.52 bits per heavy atom. The molecule has 5 heteroatoms. The Bertz CT molecular complexity index is 1070. The van der Waals surface area contributed by atoms with Crippen LogP contribution in [0.3, 0.4) is 0 Å². The smallest absolute Gasteiger partial charge is 0.337 e. The molecule has 2 aliphatic rings. The number of likely N-dealkylation sites (N-methyl/N-ethyl adjacent to an activating group) is 1. The number of amides is 1. The van der Waals surface area contributed by atoms with Crippen molar-refractivity contribution in [2.24, 2.45) is 5.41 Å². The second-order valence-electron chi connectivity index (χ2n) is 9.39. The summed E-state index contributed by atoms with van der Waals surface area (Å²) in [5.41, 5.74) is 0.151. The number of hydrogen-bond donors (Lipinski definition) is 0. The van der Waals surface area contributed by atoms with E-state index in [4.69, 9.17) is 4.74 Å². The largest absolute Gasteiger partial charge is 0.429 e. The molecule has 0 radical (unpaired) electrons. The van der Waals surface area contributed by atoms with Gasteiger partial charge < -0.3 is 9.64 Å². The Morgan fingerprint density at radius 3 is 2.13 bits per heavy atom. The van der Waals surface area contributed by atoms with E-state index in [9.17, 15) is 14.4 Å². The van der Waals surface area contributed by atoms with Gasteiger partial charge in [-0.1, -0.05) is 62.4 Å². The molecule has 0 saturated heterocycles. The number of Topliss-reactive ketones (excluding diaryl/α,β-unsaturated/α-hetero) is 1. The Hall–Kier alpha value is -3.21. The topological polar surface area (TPSA) is 63.7 Å². The first-order valence-corrected chi connectivity index (χ1v) is 10.5. The molecule has 0 spiro atoms. The number of ketones is 1. The predicted molar refractivity (Wildman–Crippen MR) is 117 cm³/mol. The Kier molecular flexibility index (Phi) is 5.08. The lowest BCUT2D eigenvalue weighted by Gasteiger charge is -2.48. The number of carbonyl (C=O) groups is 3. The first-order chi connectivity index (χ1) is 14.6. The molecule has 0 unspecified atom stereocenters. The highest BCUT2D eigenvalue weighted by atomic mass is 16.5. The third-order valence-electron chi connectivity index (χ3n) is 6.51. The predicted octanol–water partition coefficient (Wildman–Crippen LogP) is 4.50. The van der Waals surface area contributed by atoms with Crippen LogP contribution >= 0.6 is 0 Å². The van der Waals surface area contributed by atoms with Gasteiger partial charge in [-0.3, -0.25) is 9.59 Å². The first kappa shape index (κ1) is 21.0. The van der Waals surface area contributed by atoms with Gasteiger partial charge >= 0.3 is 5.97 Å². The maximum absolute atomic E-state index is 13.5. The van der Waals surface area contributed by atoms with Crippen LogP contribution in [0, 0.1) is 5.41 Å². The van der Waals surface area contributed by atoms with Crippen molar-refractivity contribution in [2.75, 3.05) is 7.05 Å². The Morgan fingerprint density at radius 1 is 0.935 bits per heavy atom. The summed E-state index contributed by atoms with van der Waals surface area (Å²) in [6.45, 7) is 5.70. The summed E-state index contributed by atoms with van der Waals surface area (Å²) in [5.74, 6) is -1.00. The van der Waals surface area contributed by atoms with Gasteiger partial charge in [-0.2, -0.15) is 0 Å². The van der Waals surface area contributed by atoms with Crippen LogP contribution in [0.15, 0.2) is 72.0 Å². The molecule has 1 heterocycles. The monoisotopic (exact) mass is 417 g/mol. The third-order valence-corrected chi connectivity index (χ3v) is 6.51. The number of allylic oxidation sites excluding steroid dienone is 1. The molecule has 0 aromatic heterocycles. The molecule has 0 fully saturated rings. The van der Waals surface area contributed by atoms with Crippen LogP contribution in [0.4, 0.5) is 0 Å². The third kappa shape index (κ3) is 3.48. The van der Waals surface area contributed by atoms with Crippen LogP contribution in [0.5, 0.6) is 0 Å². The number of rotatable bonds is 3. The second kappa shape index (κ2) is 7.49. The van der Waals surface area contributed by atoms with Crippen molar-refractivity contribution in [3.8, 4) is 0 Å². The van der Waals surface area contributed by atoms with E-state index < -0.39 is 17.4 Å². The van der Waals surface area contributed by atoms with Gasteiger partial charge in [0.05, 0.1) is 0 Å². The quantitative estimate of drug-likeness (QED) is 0.690. The van der Waals surface area contributed by atoms with Crippen molar-refractivity contribution < 1.29 is 19.1 Å². The van der Waals surface area contributed by atoms with Gasteiger partial charge in [0.15, 0.2) is 5.78 Å². The number of nitrogens with zero attached hydrogens (tertiary/aromatic N) is 1. The van der Waals surface area contributed by atoms with Crippen molar-refractivity contribution in [3.05, 3.63) is 83.1 Å². The number of benzene rings is 2. The zero-order valence-corrected chi connectivity index (χ0v) is 18.3. The molecule has 0 bridgehead atoms. The van der Waals surface area contributed by atoms with Crippen LogP contribution in [0.2, 0.25) is 0 Å². The second-order valence-corrected chi connectivity index (χ2v) is 9.39. The Balaban J connectivity index is 1.89. The van der Waals surface area contributed by atoms with E-state index in [2.05, 4.69) is 0 Å². The van der Waals surface area contributed by atoms with E-state index in [1.807, 2.05) is 50.2 Å². The molecule has 0 N–H and O–H groups in total. The lowest BCUT2D eigenvalue weighted by Crippen LogP contribution is -2.61. The van der Waals surface area contributed by atoms with Crippen molar-refractivity contribution in [2.45, 2.75) is 45.1 Å². The molecule has 1 aliphatic carbocycles. The lowest BCUT2D eigenvalue weighted by molar-refractivity contribution is -0.156. The van der Waals surface area contributed by atoms with Gasteiger partial charge in [-0.25, -0.2) is 4.79 Å². The van der Waals surface area contributed by atoms with Crippen molar-refractivity contribution in [3.63, 3.8) is 0 Å². The van der Waals surface area contributed by atoms with E-state index in [1.54, 1.807) is 38.2 Å². The molecule has 1 amide bonds. The van der Waals surface area contributed by atoms with E-state index in [-0.39, 0.29) is 17.1 Å². The van der Waals surface area contributed by atoms with Crippen molar-refractivity contribution >= 4 is 17.7 Å². The van der Waals surface area contributed by atoms with E-state index in [0.29, 0.717) is 29.7 Å². The Labute approximate surface area is 182 Å². The van der Waals surface area contributed by atoms with Gasteiger partial charge in [-0.05, 0) is 30.0 Å². The molecule has 5 nitrogen and oxygen atoms in total. The molecule has 2 atom stereocenters. The van der Waals surface area contributed by atoms with Crippen LogP contribution in [-0.4, -0.2) is 35.1 Å². The molecule has 1 aliphatic heterocycles. The fourth-order valence-corrected chi connectivity index (χ4v) is 4.76. The van der Waals surface area contributed by atoms with Gasteiger partial charge in [0.2, 0.25) is 0 Å². The van der Waals surface area contributed by atoms with Crippen LogP contribution in [-0.2, 0) is 14.3 Å². The minimum absolute atomic E-state index is 0.0283. The average Bonchev–Trinajstić information content (AvgIpc) is 2.74. The fraction of sp³-hybridized carbons (Fsp3) is 0.346. The van der Waals surface area contributed by atoms with Crippen molar-refractivity contribution in [1.82, 2.24) is 4.90 Å². The summed E-state index contributed by atoms with van der Waals surface area (Å²) < 4.78 is 5.80. The number of ether oxygens (including phenoxy) is 1. The highest BCUT2D eigenvalue weighted by molar-refractivity contribution is 6.05. The summed E-state index contributed by atoms with van der Waals surface area (Å²) in [5, 5.41) is 0. The van der Waals surface area contributed by atoms with Gasteiger partial charge in [0.1, 0.15) is 11.3 Å². The number of esters is 1.